The summed E-state index contributed by atoms with van der Waals surface area (Å²) in [5, 5.41) is 2.50. The zero-order chi connectivity index (χ0) is 16.4. The third kappa shape index (κ3) is 3.13. The molecule has 0 saturated carbocycles. The van der Waals surface area contributed by atoms with Gasteiger partial charge in [-0.05, 0) is 54.9 Å². The van der Waals surface area contributed by atoms with E-state index in [-0.39, 0.29) is 0 Å². The van der Waals surface area contributed by atoms with Crippen LogP contribution in [-0.2, 0) is 0 Å². The summed E-state index contributed by atoms with van der Waals surface area (Å²) in [6.45, 7) is 1.91. The Morgan fingerprint density at radius 3 is 2.75 bits per heavy atom. The van der Waals surface area contributed by atoms with Crippen LogP contribution in [0.1, 0.15) is 12.8 Å². The van der Waals surface area contributed by atoms with Crippen molar-refractivity contribution in [3.8, 4) is 16.9 Å². The van der Waals surface area contributed by atoms with Gasteiger partial charge >= 0.3 is 0 Å². The maximum Gasteiger partial charge on any atom is 0.138 e. The van der Waals surface area contributed by atoms with Crippen LogP contribution in [0.25, 0.3) is 21.9 Å². The van der Waals surface area contributed by atoms with Gasteiger partial charge in [0.25, 0.3) is 0 Å². The molecule has 0 unspecified atom stereocenters. The van der Waals surface area contributed by atoms with Gasteiger partial charge < -0.3 is 9.64 Å². The summed E-state index contributed by atoms with van der Waals surface area (Å²) in [7, 11) is 2.17. The fraction of sp³-hybridized carbons (Fsp3) is 0.286. The fourth-order valence-corrected chi connectivity index (χ4v) is 3.41. The molecule has 4 rings (SSSR count). The summed E-state index contributed by atoms with van der Waals surface area (Å²) >= 11 is 0. The number of likely N-dealkylation sites (N-methyl/N-ethyl adjacent to an activating group) is 1. The Labute approximate surface area is 142 Å². The number of pyridine rings is 1. The average Bonchev–Trinajstić information content (AvgIpc) is 3.05. The van der Waals surface area contributed by atoms with E-state index in [0.29, 0.717) is 6.04 Å². The molecule has 2 aromatic carbocycles. The van der Waals surface area contributed by atoms with Crippen molar-refractivity contribution >= 4 is 10.8 Å². The number of fused-ring (bicyclic) bond motifs is 1. The fourth-order valence-electron chi connectivity index (χ4n) is 3.41. The van der Waals surface area contributed by atoms with Crippen molar-refractivity contribution in [2.24, 2.45) is 0 Å². The molecule has 1 aromatic heterocycles. The maximum absolute atomic E-state index is 6.01. The first-order valence-corrected chi connectivity index (χ1v) is 8.57. The first-order chi connectivity index (χ1) is 11.8. The Morgan fingerprint density at radius 2 is 1.92 bits per heavy atom. The number of hydrogen-bond acceptors (Lipinski definition) is 3. The molecule has 1 fully saturated rings. The van der Waals surface area contributed by atoms with Crippen LogP contribution in [0.15, 0.2) is 60.9 Å². The maximum atomic E-state index is 6.01. The summed E-state index contributed by atoms with van der Waals surface area (Å²) in [5.41, 5.74) is 2.27. The highest BCUT2D eigenvalue weighted by Crippen LogP contribution is 2.26. The summed E-state index contributed by atoms with van der Waals surface area (Å²) in [6.07, 6.45) is 6.19. The van der Waals surface area contributed by atoms with E-state index < -0.39 is 0 Å². The highest BCUT2D eigenvalue weighted by atomic mass is 16.5. The van der Waals surface area contributed by atoms with Crippen molar-refractivity contribution in [1.29, 1.82) is 0 Å². The van der Waals surface area contributed by atoms with E-state index in [0.717, 1.165) is 17.9 Å². The number of ether oxygens (including phenoxy) is 1. The second-order valence-corrected chi connectivity index (χ2v) is 6.56. The van der Waals surface area contributed by atoms with E-state index in [1.165, 1.54) is 35.7 Å². The molecule has 1 aliphatic heterocycles. The first-order valence-electron chi connectivity index (χ1n) is 8.57. The minimum absolute atomic E-state index is 0.523. The van der Waals surface area contributed by atoms with Crippen molar-refractivity contribution in [2.45, 2.75) is 18.9 Å². The van der Waals surface area contributed by atoms with Gasteiger partial charge in [0.05, 0.1) is 6.20 Å². The monoisotopic (exact) mass is 318 g/mol. The van der Waals surface area contributed by atoms with Crippen LogP contribution in [0.4, 0.5) is 0 Å². The Balaban J connectivity index is 1.54. The van der Waals surface area contributed by atoms with Crippen molar-refractivity contribution in [3.05, 3.63) is 60.9 Å². The molecule has 3 aromatic rings. The summed E-state index contributed by atoms with van der Waals surface area (Å²) in [4.78, 5) is 6.74. The van der Waals surface area contributed by atoms with Crippen LogP contribution < -0.4 is 4.74 Å². The third-order valence-corrected chi connectivity index (χ3v) is 4.91. The van der Waals surface area contributed by atoms with E-state index >= 15 is 0 Å². The van der Waals surface area contributed by atoms with Crippen molar-refractivity contribution in [1.82, 2.24) is 9.88 Å². The molecular weight excluding hydrogens is 296 g/mol. The van der Waals surface area contributed by atoms with Crippen LogP contribution in [0.5, 0.6) is 5.75 Å². The Morgan fingerprint density at radius 1 is 1.04 bits per heavy atom. The normalized spacial score (nSPS) is 18.1. The van der Waals surface area contributed by atoms with Gasteiger partial charge in [-0.3, -0.25) is 4.98 Å². The van der Waals surface area contributed by atoms with E-state index in [1.54, 1.807) is 6.20 Å². The molecule has 1 atom stereocenters. The Kier molecular flexibility index (Phi) is 4.18. The van der Waals surface area contributed by atoms with E-state index in [1.807, 2.05) is 6.20 Å². The van der Waals surface area contributed by atoms with Gasteiger partial charge in [0, 0.05) is 17.8 Å². The number of benzene rings is 2. The molecule has 3 nitrogen and oxygen atoms in total. The van der Waals surface area contributed by atoms with Crippen LogP contribution >= 0.6 is 0 Å². The summed E-state index contributed by atoms with van der Waals surface area (Å²) < 4.78 is 6.01. The molecule has 0 aliphatic carbocycles. The smallest absolute Gasteiger partial charge is 0.138 e. The lowest BCUT2D eigenvalue weighted by Crippen LogP contribution is -2.30. The molecule has 1 saturated heterocycles. The average molecular weight is 318 g/mol. The highest BCUT2D eigenvalue weighted by Gasteiger charge is 2.21. The summed E-state index contributed by atoms with van der Waals surface area (Å²) in [5.74, 6) is 0.848. The second-order valence-electron chi connectivity index (χ2n) is 6.56. The topological polar surface area (TPSA) is 25.4 Å². The number of nitrogens with zero attached hydrogens (tertiary/aromatic N) is 2. The molecule has 0 bridgehead atoms. The predicted octanol–water partition coefficient (Wildman–Crippen LogP) is 4.37. The lowest BCUT2D eigenvalue weighted by molar-refractivity contribution is 0.198. The number of hydrogen-bond donors (Lipinski definition) is 0. The van der Waals surface area contributed by atoms with Gasteiger partial charge in [-0.25, -0.2) is 0 Å². The van der Waals surface area contributed by atoms with Crippen LogP contribution in [0.3, 0.4) is 0 Å². The van der Waals surface area contributed by atoms with E-state index in [9.17, 15) is 0 Å². The van der Waals surface area contributed by atoms with Crippen molar-refractivity contribution in [2.75, 3.05) is 20.2 Å². The van der Waals surface area contributed by atoms with Crippen LogP contribution in [0, 0.1) is 0 Å². The lowest BCUT2D eigenvalue weighted by atomic mass is 10.0. The Hall–Kier alpha value is -2.39. The van der Waals surface area contributed by atoms with Crippen molar-refractivity contribution < 1.29 is 4.74 Å². The molecule has 122 valence electrons. The molecule has 2 heterocycles. The zero-order valence-corrected chi connectivity index (χ0v) is 14.0. The first kappa shape index (κ1) is 15.2. The molecular formula is C21H22N2O. The van der Waals surface area contributed by atoms with Gasteiger partial charge in [0.15, 0.2) is 0 Å². The highest BCUT2D eigenvalue weighted by molar-refractivity contribution is 5.87. The van der Waals surface area contributed by atoms with Gasteiger partial charge in [-0.15, -0.1) is 0 Å². The second kappa shape index (κ2) is 6.62. The SMILES string of the molecule is CN1CCC[C@H]1COc1cncc(-c2ccc3ccccc3c2)c1. The zero-order valence-electron chi connectivity index (χ0n) is 14.0. The largest absolute Gasteiger partial charge is 0.490 e. The number of rotatable bonds is 4. The standard InChI is InChI=1S/C21H22N2O/c1-23-10-4-7-20(23)15-24-21-12-19(13-22-14-21)18-9-8-16-5-2-3-6-17(16)11-18/h2-3,5-6,8-9,11-14,20H,4,7,10,15H2,1H3/t20-/m0/s1. The van der Waals surface area contributed by atoms with Gasteiger partial charge in [-0.2, -0.15) is 0 Å². The van der Waals surface area contributed by atoms with Gasteiger partial charge in [0.2, 0.25) is 0 Å². The Bertz CT molecular complexity index is 846. The van der Waals surface area contributed by atoms with Crippen molar-refractivity contribution in [3.63, 3.8) is 0 Å². The molecule has 0 N–H and O–H groups in total. The van der Waals surface area contributed by atoms with Gasteiger partial charge in [0.1, 0.15) is 12.4 Å². The number of likely N-dealkylation sites (tertiary alicyclic amines) is 1. The minimum Gasteiger partial charge on any atom is -0.490 e. The predicted molar refractivity (Wildman–Crippen MR) is 98.3 cm³/mol. The van der Waals surface area contributed by atoms with E-state index in [4.69, 9.17) is 4.74 Å². The van der Waals surface area contributed by atoms with Crippen LogP contribution in [-0.4, -0.2) is 36.1 Å². The molecule has 0 amide bonds. The lowest BCUT2D eigenvalue weighted by Gasteiger charge is -2.19. The minimum atomic E-state index is 0.523. The molecule has 0 radical (unpaired) electrons. The molecule has 1 aliphatic rings. The van der Waals surface area contributed by atoms with E-state index in [2.05, 4.69) is 65.5 Å². The molecule has 24 heavy (non-hydrogen) atoms. The molecule has 0 spiro atoms. The number of aromatic nitrogens is 1. The third-order valence-electron chi connectivity index (χ3n) is 4.91. The quantitative estimate of drug-likeness (QED) is 0.714. The van der Waals surface area contributed by atoms with Gasteiger partial charge in [-0.1, -0.05) is 36.4 Å². The van der Waals surface area contributed by atoms with Crippen LogP contribution in [0.2, 0.25) is 0 Å². The summed E-state index contributed by atoms with van der Waals surface area (Å²) in [6, 6.07) is 17.5. The molecule has 3 heteroatoms.